The van der Waals surface area contributed by atoms with Gasteiger partial charge in [-0.2, -0.15) is 0 Å². The predicted molar refractivity (Wildman–Crippen MR) is 55.0 cm³/mol. The van der Waals surface area contributed by atoms with Gasteiger partial charge in [0.15, 0.2) is 0 Å². The Morgan fingerprint density at radius 2 is 2.17 bits per heavy atom. The van der Waals surface area contributed by atoms with Crippen LogP contribution in [0.3, 0.4) is 0 Å². The molecule has 1 rings (SSSR count). The van der Waals surface area contributed by atoms with Crippen molar-refractivity contribution in [1.82, 2.24) is 0 Å². The van der Waals surface area contributed by atoms with E-state index in [0.29, 0.717) is 11.3 Å². The lowest BCUT2D eigenvalue weighted by molar-refractivity contribution is 0.514. The fourth-order valence-corrected chi connectivity index (χ4v) is 1.57. The number of rotatable bonds is 1. The number of anilines is 1. The van der Waals surface area contributed by atoms with E-state index in [1.807, 2.05) is 13.0 Å². The molecular weight excluding hydrogens is 218 g/mol. The van der Waals surface area contributed by atoms with Gasteiger partial charge in [0.2, 0.25) is 0 Å². The predicted octanol–water partition coefficient (Wildman–Crippen LogP) is 2.87. The third-order valence-corrected chi connectivity index (χ3v) is 2.12. The average Bonchev–Trinajstić information content (AvgIpc) is 1.96. The van der Waals surface area contributed by atoms with Crippen molar-refractivity contribution in [2.75, 3.05) is 5.73 Å². The Morgan fingerprint density at radius 3 is 2.67 bits per heavy atom. The zero-order valence-corrected chi connectivity index (χ0v) is 8.35. The third-order valence-electron chi connectivity index (χ3n) is 1.66. The molecule has 0 aromatic heterocycles. The number of hydrogen-bond acceptors (Lipinski definition) is 2. The quantitative estimate of drug-likeness (QED) is 0.573. The first kappa shape index (κ1) is 9.13. The Bertz CT molecular complexity index is 334. The van der Waals surface area contributed by atoms with Crippen LogP contribution in [-0.4, -0.2) is 5.11 Å². The first-order valence-electron chi connectivity index (χ1n) is 3.46. The molecule has 0 amide bonds. The summed E-state index contributed by atoms with van der Waals surface area (Å²) < 4.78 is 0.888. The molecule has 0 aliphatic heterocycles. The first-order chi connectivity index (χ1) is 5.52. The molecule has 0 spiro atoms. The van der Waals surface area contributed by atoms with Gasteiger partial charge < -0.3 is 10.8 Å². The molecular formula is C9H10BrNO. The zero-order chi connectivity index (χ0) is 9.30. The van der Waals surface area contributed by atoms with Gasteiger partial charge in [-0.05, 0) is 24.6 Å². The van der Waals surface area contributed by atoms with Crippen molar-refractivity contribution in [3.8, 4) is 0 Å². The summed E-state index contributed by atoms with van der Waals surface area (Å²) in [6.45, 7) is 5.30. The molecule has 0 aliphatic carbocycles. The van der Waals surface area contributed by atoms with Crippen molar-refractivity contribution in [3.63, 3.8) is 0 Å². The molecule has 12 heavy (non-hydrogen) atoms. The maximum atomic E-state index is 9.16. The van der Waals surface area contributed by atoms with E-state index in [-0.39, 0.29) is 5.76 Å². The number of aliphatic hydroxyl groups is 1. The summed E-state index contributed by atoms with van der Waals surface area (Å²) in [6, 6.07) is 3.63. The molecule has 0 saturated heterocycles. The number of benzene rings is 1. The summed E-state index contributed by atoms with van der Waals surface area (Å²) in [5.41, 5.74) is 7.80. The van der Waals surface area contributed by atoms with Gasteiger partial charge in [-0.1, -0.05) is 22.5 Å². The van der Waals surface area contributed by atoms with Gasteiger partial charge in [-0.15, -0.1) is 0 Å². The fourth-order valence-electron chi connectivity index (χ4n) is 0.993. The van der Waals surface area contributed by atoms with E-state index in [1.54, 1.807) is 6.07 Å². The molecule has 3 N–H and O–H groups in total. The summed E-state index contributed by atoms with van der Waals surface area (Å²) in [5.74, 6) is -0.00287. The van der Waals surface area contributed by atoms with Crippen LogP contribution in [-0.2, 0) is 0 Å². The molecule has 1 aromatic rings. The summed E-state index contributed by atoms with van der Waals surface area (Å²) in [4.78, 5) is 0. The molecule has 0 atom stereocenters. The van der Waals surface area contributed by atoms with Gasteiger partial charge in [0.25, 0.3) is 0 Å². The van der Waals surface area contributed by atoms with Crippen LogP contribution >= 0.6 is 15.9 Å². The van der Waals surface area contributed by atoms with Crippen molar-refractivity contribution < 1.29 is 5.11 Å². The maximum Gasteiger partial charge on any atom is 0.117 e. The lowest BCUT2D eigenvalue weighted by atomic mass is 10.1. The number of hydrogen-bond donors (Lipinski definition) is 2. The van der Waals surface area contributed by atoms with E-state index in [0.717, 1.165) is 10.0 Å². The molecule has 3 heteroatoms. The van der Waals surface area contributed by atoms with Crippen LogP contribution in [0, 0.1) is 6.92 Å². The van der Waals surface area contributed by atoms with E-state index in [2.05, 4.69) is 22.5 Å². The van der Waals surface area contributed by atoms with E-state index in [4.69, 9.17) is 10.8 Å². The normalized spacial score (nSPS) is 9.83. The number of nitrogen functional groups attached to an aromatic ring is 1. The minimum Gasteiger partial charge on any atom is -0.508 e. The standard InChI is InChI=1S/C9H10BrNO/c1-5-3-7(10)4-8(6(2)12)9(5)11/h3-4,12H,2,11H2,1H3. The van der Waals surface area contributed by atoms with Gasteiger partial charge in [0.1, 0.15) is 5.76 Å². The highest BCUT2D eigenvalue weighted by molar-refractivity contribution is 9.10. The van der Waals surface area contributed by atoms with E-state index in [1.165, 1.54) is 0 Å². The van der Waals surface area contributed by atoms with Crippen molar-refractivity contribution in [2.24, 2.45) is 0 Å². The molecule has 1 aromatic carbocycles. The Labute approximate surface area is 79.8 Å². The highest BCUT2D eigenvalue weighted by Gasteiger charge is 2.05. The molecule has 0 aliphatic rings. The lowest BCUT2D eigenvalue weighted by Gasteiger charge is -2.07. The number of aryl methyl sites for hydroxylation is 1. The van der Waals surface area contributed by atoms with Crippen molar-refractivity contribution in [1.29, 1.82) is 0 Å². The van der Waals surface area contributed by atoms with Crippen LogP contribution in [0.15, 0.2) is 23.2 Å². The minimum absolute atomic E-state index is 0.00287. The van der Waals surface area contributed by atoms with Gasteiger partial charge in [-0.3, -0.25) is 0 Å². The summed E-state index contributed by atoms with van der Waals surface area (Å²) in [6.07, 6.45) is 0. The monoisotopic (exact) mass is 227 g/mol. The smallest absolute Gasteiger partial charge is 0.117 e. The van der Waals surface area contributed by atoms with E-state index in [9.17, 15) is 0 Å². The van der Waals surface area contributed by atoms with Crippen molar-refractivity contribution >= 4 is 27.4 Å². The fraction of sp³-hybridized carbons (Fsp3) is 0.111. The SMILES string of the molecule is C=C(O)c1cc(Br)cc(C)c1N. The first-order valence-corrected chi connectivity index (χ1v) is 4.25. The van der Waals surface area contributed by atoms with Gasteiger partial charge in [0, 0.05) is 15.7 Å². The second kappa shape index (κ2) is 3.19. The topological polar surface area (TPSA) is 46.2 Å². The largest absolute Gasteiger partial charge is 0.508 e. The number of halogens is 1. The summed E-state index contributed by atoms with van der Waals surface area (Å²) in [5, 5.41) is 9.16. The average molecular weight is 228 g/mol. The molecule has 0 fully saturated rings. The van der Waals surface area contributed by atoms with Crippen LogP contribution < -0.4 is 5.73 Å². The second-order valence-electron chi connectivity index (χ2n) is 2.63. The van der Waals surface area contributed by atoms with Gasteiger partial charge >= 0.3 is 0 Å². The van der Waals surface area contributed by atoms with E-state index < -0.39 is 0 Å². The van der Waals surface area contributed by atoms with Crippen LogP contribution in [0.4, 0.5) is 5.69 Å². The minimum atomic E-state index is -0.00287. The Hall–Kier alpha value is -0.960. The number of nitrogens with two attached hydrogens (primary N) is 1. The summed E-state index contributed by atoms with van der Waals surface area (Å²) in [7, 11) is 0. The lowest BCUT2D eigenvalue weighted by Crippen LogP contribution is -1.96. The maximum absolute atomic E-state index is 9.16. The molecule has 0 bridgehead atoms. The van der Waals surface area contributed by atoms with Crippen LogP contribution in [0.1, 0.15) is 11.1 Å². The van der Waals surface area contributed by atoms with Crippen molar-refractivity contribution in [3.05, 3.63) is 34.3 Å². The molecule has 0 radical (unpaired) electrons. The molecule has 0 saturated carbocycles. The van der Waals surface area contributed by atoms with E-state index >= 15 is 0 Å². The Kier molecular flexibility index (Phi) is 2.43. The molecule has 0 unspecified atom stereocenters. The third kappa shape index (κ3) is 1.61. The Balaban J connectivity index is 3.37. The molecule has 64 valence electrons. The van der Waals surface area contributed by atoms with Crippen LogP contribution in [0.2, 0.25) is 0 Å². The summed E-state index contributed by atoms with van der Waals surface area (Å²) >= 11 is 3.31. The van der Waals surface area contributed by atoms with Crippen LogP contribution in [0.25, 0.3) is 5.76 Å². The van der Waals surface area contributed by atoms with Crippen LogP contribution in [0.5, 0.6) is 0 Å². The second-order valence-corrected chi connectivity index (χ2v) is 3.55. The van der Waals surface area contributed by atoms with Crippen molar-refractivity contribution in [2.45, 2.75) is 6.92 Å². The zero-order valence-electron chi connectivity index (χ0n) is 6.76. The molecule has 0 heterocycles. The number of aliphatic hydroxyl groups excluding tert-OH is 1. The highest BCUT2D eigenvalue weighted by Crippen LogP contribution is 2.26. The Morgan fingerprint density at radius 1 is 1.58 bits per heavy atom. The van der Waals surface area contributed by atoms with Gasteiger partial charge in [-0.25, -0.2) is 0 Å². The van der Waals surface area contributed by atoms with Gasteiger partial charge in [0.05, 0.1) is 0 Å². The highest BCUT2D eigenvalue weighted by atomic mass is 79.9. The molecule has 2 nitrogen and oxygen atoms in total.